The fraction of sp³-hybridized carbons (Fsp3) is 1.00. The van der Waals surface area contributed by atoms with E-state index in [1.54, 1.807) is 0 Å². The first kappa shape index (κ1) is 19.4. The SMILES string of the molecule is CN(CCN(C)CC(F)(F)C(F)F)CC(F)(F)C(F)F. The van der Waals surface area contributed by atoms with Crippen molar-refractivity contribution in [1.29, 1.82) is 0 Å². The molecule has 20 heavy (non-hydrogen) atoms. The first-order valence-electron chi connectivity index (χ1n) is 5.57. The van der Waals surface area contributed by atoms with Gasteiger partial charge in [0.2, 0.25) is 0 Å². The van der Waals surface area contributed by atoms with Gasteiger partial charge in [-0.2, -0.15) is 17.6 Å². The minimum Gasteiger partial charge on any atom is -0.299 e. The third-order valence-corrected chi connectivity index (χ3v) is 2.46. The minimum absolute atomic E-state index is 0.238. The van der Waals surface area contributed by atoms with Gasteiger partial charge in [-0.3, -0.25) is 9.80 Å². The third-order valence-electron chi connectivity index (χ3n) is 2.46. The van der Waals surface area contributed by atoms with Crippen LogP contribution in [-0.2, 0) is 0 Å². The summed E-state index contributed by atoms with van der Waals surface area (Å²) in [6.07, 6.45) is -7.66. The van der Waals surface area contributed by atoms with Crippen LogP contribution in [0.15, 0.2) is 0 Å². The molecule has 0 aromatic carbocycles. The second-order valence-electron chi connectivity index (χ2n) is 4.60. The molecule has 0 radical (unpaired) electrons. The smallest absolute Gasteiger partial charge is 0.299 e. The molecule has 0 spiro atoms. The van der Waals surface area contributed by atoms with E-state index in [2.05, 4.69) is 0 Å². The van der Waals surface area contributed by atoms with Gasteiger partial charge in [0.25, 0.3) is 0 Å². The molecule has 0 atom stereocenters. The highest BCUT2D eigenvalue weighted by molar-refractivity contribution is 4.76. The van der Waals surface area contributed by atoms with E-state index in [0.717, 1.165) is 23.9 Å². The molecule has 122 valence electrons. The van der Waals surface area contributed by atoms with Crippen LogP contribution in [0, 0.1) is 0 Å². The average Bonchev–Trinajstić information content (AvgIpc) is 2.24. The summed E-state index contributed by atoms with van der Waals surface area (Å²) in [6.45, 7) is -2.97. The number of hydrogen-bond donors (Lipinski definition) is 0. The standard InChI is InChI=1S/C10H16F8N2/c1-19(5-9(15,16)7(11)12)3-4-20(2)6-10(17,18)8(13)14/h7-8H,3-6H2,1-2H3. The summed E-state index contributed by atoms with van der Waals surface area (Å²) < 4.78 is 98.3. The quantitative estimate of drug-likeness (QED) is 0.604. The Morgan fingerprint density at radius 1 is 0.700 bits per heavy atom. The van der Waals surface area contributed by atoms with Crippen molar-refractivity contribution < 1.29 is 35.1 Å². The molecule has 0 aliphatic rings. The van der Waals surface area contributed by atoms with Gasteiger partial charge in [0, 0.05) is 13.1 Å². The number of hydrogen-bond acceptors (Lipinski definition) is 2. The predicted molar refractivity (Wildman–Crippen MR) is 56.9 cm³/mol. The summed E-state index contributed by atoms with van der Waals surface area (Å²) in [7, 11) is 2.21. The van der Waals surface area contributed by atoms with Crippen LogP contribution >= 0.6 is 0 Å². The summed E-state index contributed by atoms with van der Waals surface area (Å²) in [5, 5.41) is 0. The van der Waals surface area contributed by atoms with Crippen molar-refractivity contribution in [2.45, 2.75) is 24.7 Å². The van der Waals surface area contributed by atoms with Gasteiger partial charge >= 0.3 is 24.7 Å². The van der Waals surface area contributed by atoms with Crippen molar-refractivity contribution >= 4 is 0 Å². The zero-order valence-corrected chi connectivity index (χ0v) is 10.9. The second kappa shape index (κ2) is 7.39. The van der Waals surface area contributed by atoms with Crippen LogP contribution in [0.5, 0.6) is 0 Å². The van der Waals surface area contributed by atoms with Gasteiger partial charge in [0.1, 0.15) is 0 Å². The van der Waals surface area contributed by atoms with E-state index in [-0.39, 0.29) is 13.1 Å². The Balaban J connectivity index is 4.16. The maximum absolute atomic E-state index is 12.7. The Morgan fingerprint density at radius 2 is 0.950 bits per heavy atom. The van der Waals surface area contributed by atoms with Gasteiger partial charge in [-0.15, -0.1) is 0 Å². The number of nitrogens with zero attached hydrogens (tertiary/aromatic N) is 2. The number of rotatable bonds is 9. The molecule has 0 rings (SSSR count). The van der Waals surface area contributed by atoms with Gasteiger partial charge in [0.05, 0.1) is 13.1 Å². The summed E-state index contributed by atoms with van der Waals surface area (Å²) in [5.74, 6) is -8.42. The van der Waals surface area contributed by atoms with Crippen molar-refractivity contribution in [2.24, 2.45) is 0 Å². The Bertz CT molecular complexity index is 256. The Hall–Kier alpha value is -0.640. The lowest BCUT2D eigenvalue weighted by Gasteiger charge is -2.27. The van der Waals surface area contributed by atoms with Crippen LogP contribution in [-0.4, -0.2) is 74.8 Å². The molecule has 0 aromatic rings. The van der Waals surface area contributed by atoms with Crippen molar-refractivity contribution in [3.05, 3.63) is 0 Å². The molecule has 0 aliphatic heterocycles. The maximum Gasteiger partial charge on any atom is 0.319 e. The molecule has 0 unspecified atom stereocenters. The number of likely N-dealkylation sites (N-methyl/N-ethyl adjacent to an activating group) is 2. The Morgan fingerprint density at radius 3 is 1.15 bits per heavy atom. The van der Waals surface area contributed by atoms with Crippen molar-refractivity contribution in [3.8, 4) is 0 Å². The van der Waals surface area contributed by atoms with Crippen LogP contribution < -0.4 is 0 Å². The van der Waals surface area contributed by atoms with Gasteiger partial charge in [0.15, 0.2) is 0 Å². The molecule has 0 saturated heterocycles. The van der Waals surface area contributed by atoms with Crippen LogP contribution in [0.2, 0.25) is 0 Å². The normalized spacial score (nSPS) is 14.1. The highest BCUT2D eigenvalue weighted by Gasteiger charge is 2.42. The molecule has 0 bridgehead atoms. The largest absolute Gasteiger partial charge is 0.319 e. The Kier molecular flexibility index (Phi) is 7.16. The van der Waals surface area contributed by atoms with E-state index in [1.165, 1.54) is 0 Å². The van der Waals surface area contributed by atoms with Gasteiger partial charge in [-0.1, -0.05) is 0 Å². The van der Waals surface area contributed by atoms with Gasteiger partial charge in [-0.05, 0) is 14.1 Å². The third kappa shape index (κ3) is 6.69. The lowest BCUT2D eigenvalue weighted by molar-refractivity contribution is -0.144. The predicted octanol–water partition coefficient (Wildman–Crippen LogP) is 2.65. The van der Waals surface area contributed by atoms with Crippen molar-refractivity contribution in [1.82, 2.24) is 9.80 Å². The Labute approximate surface area is 111 Å². The molecule has 0 fully saturated rings. The molecular formula is C10H16F8N2. The van der Waals surface area contributed by atoms with Crippen LogP contribution in [0.25, 0.3) is 0 Å². The monoisotopic (exact) mass is 316 g/mol. The number of alkyl halides is 8. The van der Waals surface area contributed by atoms with Crippen molar-refractivity contribution in [3.63, 3.8) is 0 Å². The number of halogens is 8. The maximum atomic E-state index is 12.7. The molecule has 0 N–H and O–H groups in total. The summed E-state index contributed by atoms with van der Waals surface area (Å²) >= 11 is 0. The first-order valence-corrected chi connectivity index (χ1v) is 5.57. The zero-order valence-electron chi connectivity index (χ0n) is 10.9. The van der Waals surface area contributed by atoms with E-state index in [9.17, 15) is 35.1 Å². The fourth-order valence-corrected chi connectivity index (χ4v) is 1.36. The van der Waals surface area contributed by atoms with Crippen molar-refractivity contribution in [2.75, 3.05) is 40.3 Å². The topological polar surface area (TPSA) is 6.48 Å². The van der Waals surface area contributed by atoms with Gasteiger partial charge in [-0.25, -0.2) is 17.6 Å². The molecule has 0 amide bonds. The molecule has 10 heteroatoms. The highest BCUT2D eigenvalue weighted by atomic mass is 19.3. The van der Waals surface area contributed by atoms with E-state index < -0.39 is 37.8 Å². The summed E-state index contributed by atoms with van der Waals surface area (Å²) in [4.78, 5) is 1.65. The van der Waals surface area contributed by atoms with E-state index >= 15 is 0 Å². The summed E-state index contributed by atoms with van der Waals surface area (Å²) in [5.41, 5.74) is 0. The average molecular weight is 316 g/mol. The second-order valence-corrected chi connectivity index (χ2v) is 4.60. The lowest BCUT2D eigenvalue weighted by Crippen LogP contribution is -2.45. The molecule has 0 saturated carbocycles. The van der Waals surface area contributed by atoms with Crippen LogP contribution in [0.4, 0.5) is 35.1 Å². The minimum atomic E-state index is -4.21. The van der Waals surface area contributed by atoms with E-state index in [4.69, 9.17) is 0 Å². The van der Waals surface area contributed by atoms with E-state index in [0.29, 0.717) is 0 Å². The van der Waals surface area contributed by atoms with Crippen LogP contribution in [0.1, 0.15) is 0 Å². The zero-order chi connectivity index (χ0) is 16.1. The lowest BCUT2D eigenvalue weighted by atomic mass is 10.3. The molecule has 0 heterocycles. The van der Waals surface area contributed by atoms with E-state index in [1.807, 2.05) is 0 Å². The highest BCUT2D eigenvalue weighted by Crippen LogP contribution is 2.24. The fourth-order valence-electron chi connectivity index (χ4n) is 1.36. The first-order chi connectivity index (χ1) is 8.88. The molecule has 0 aliphatic carbocycles. The summed E-state index contributed by atoms with van der Waals surface area (Å²) in [6, 6.07) is 0. The van der Waals surface area contributed by atoms with Crippen LogP contribution in [0.3, 0.4) is 0 Å². The van der Waals surface area contributed by atoms with Gasteiger partial charge < -0.3 is 0 Å². The molecular weight excluding hydrogens is 300 g/mol. The molecule has 0 aromatic heterocycles. The molecule has 2 nitrogen and oxygen atoms in total.